The van der Waals surface area contributed by atoms with E-state index in [9.17, 15) is 0 Å². The average Bonchev–Trinajstić information content (AvgIpc) is 2.78. The van der Waals surface area contributed by atoms with Crippen LogP contribution in [0.5, 0.6) is 0 Å². The third-order valence-electron chi connectivity index (χ3n) is 2.58. The third-order valence-corrected chi connectivity index (χ3v) is 4.25. The Hall–Kier alpha value is -0.540. The molecule has 0 atom stereocenters. The molecule has 4 heteroatoms. The van der Waals surface area contributed by atoms with Crippen LogP contribution in [0.2, 0.25) is 10.0 Å². The molecule has 0 aliphatic heterocycles. The van der Waals surface area contributed by atoms with Crippen molar-refractivity contribution in [2.45, 2.75) is 19.9 Å². The van der Waals surface area contributed by atoms with Crippen LogP contribution in [0.25, 0.3) is 10.4 Å². The van der Waals surface area contributed by atoms with Gasteiger partial charge in [0.2, 0.25) is 0 Å². The normalized spacial score (nSPS) is 10.8. The highest BCUT2D eigenvalue weighted by atomic mass is 35.5. The Morgan fingerprint density at radius 3 is 2.72 bits per heavy atom. The minimum absolute atomic E-state index is 0.671. The summed E-state index contributed by atoms with van der Waals surface area (Å²) in [6.07, 6.45) is 1.15. The molecule has 0 saturated carbocycles. The Balaban J connectivity index is 2.13. The van der Waals surface area contributed by atoms with Gasteiger partial charge in [0.05, 0.1) is 5.02 Å². The molecule has 96 valence electrons. The predicted molar refractivity (Wildman–Crippen MR) is 81.8 cm³/mol. The lowest BCUT2D eigenvalue weighted by Gasteiger charge is -2.02. The van der Waals surface area contributed by atoms with Crippen molar-refractivity contribution in [3.63, 3.8) is 0 Å². The number of hydrogen-bond acceptors (Lipinski definition) is 2. The van der Waals surface area contributed by atoms with Crippen LogP contribution < -0.4 is 5.32 Å². The van der Waals surface area contributed by atoms with Gasteiger partial charge in [-0.15, -0.1) is 11.3 Å². The number of nitrogens with one attached hydrogen (secondary N) is 1. The summed E-state index contributed by atoms with van der Waals surface area (Å²) in [6.45, 7) is 4.14. The fourth-order valence-corrected chi connectivity index (χ4v) is 3.28. The number of halogens is 2. The maximum absolute atomic E-state index is 6.21. The Morgan fingerprint density at radius 2 is 2.00 bits per heavy atom. The zero-order valence-corrected chi connectivity index (χ0v) is 12.5. The van der Waals surface area contributed by atoms with E-state index in [0.29, 0.717) is 10.0 Å². The maximum atomic E-state index is 6.21. The summed E-state index contributed by atoms with van der Waals surface area (Å²) in [5.41, 5.74) is 1.05. The van der Waals surface area contributed by atoms with Gasteiger partial charge in [0.15, 0.2) is 0 Å². The van der Waals surface area contributed by atoms with E-state index in [1.807, 2.05) is 12.1 Å². The predicted octanol–water partition coefficient (Wildman–Crippen LogP) is 5.22. The summed E-state index contributed by atoms with van der Waals surface area (Å²) in [7, 11) is 0. The molecule has 0 fully saturated rings. The van der Waals surface area contributed by atoms with Gasteiger partial charge in [-0.1, -0.05) is 36.2 Å². The molecular weight excluding hydrogens is 285 g/mol. The monoisotopic (exact) mass is 299 g/mol. The van der Waals surface area contributed by atoms with Crippen molar-refractivity contribution in [2.75, 3.05) is 6.54 Å². The van der Waals surface area contributed by atoms with Crippen LogP contribution in [0.15, 0.2) is 30.3 Å². The minimum Gasteiger partial charge on any atom is -0.312 e. The summed E-state index contributed by atoms with van der Waals surface area (Å²) < 4.78 is 0. The molecule has 2 aromatic rings. The van der Waals surface area contributed by atoms with Crippen LogP contribution in [0.1, 0.15) is 18.2 Å². The first-order valence-electron chi connectivity index (χ1n) is 5.95. The molecule has 0 bridgehead atoms. The molecule has 0 saturated heterocycles. The molecule has 1 aromatic carbocycles. The second kappa shape index (κ2) is 6.58. The number of rotatable bonds is 5. The molecule has 0 amide bonds. The molecule has 1 nitrogen and oxygen atoms in total. The lowest BCUT2D eigenvalue weighted by atomic mass is 10.2. The number of thiophene rings is 1. The molecule has 0 radical (unpaired) electrons. The number of benzene rings is 1. The zero-order valence-electron chi connectivity index (χ0n) is 10.2. The van der Waals surface area contributed by atoms with E-state index in [1.54, 1.807) is 17.4 Å². The first-order chi connectivity index (χ1) is 8.70. The highest BCUT2D eigenvalue weighted by Gasteiger charge is 2.07. The van der Waals surface area contributed by atoms with Crippen LogP contribution in [0, 0.1) is 0 Å². The molecular formula is C14H15Cl2NS. The van der Waals surface area contributed by atoms with Crippen LogP contribution in [-0.2, 0) is 6.54 Å². The Morgan fingerprint density at radius 1 is 1.17 bits per heavy atom. The Labute approximate surface area is 122 Å². The topological polar surface area (TPSA) is 12.0 Å². The molecule has 1 N–H and O–H groups in total. The van der Waals surface area contributed by atoms with Gasteiger partial charge in [0, 0.05) is 26.9 Å². The highest BCUT2D eigenvalue weighted by molar-refractivity contribution is 7.15. The van der Waals surface area contributed by atoms with Gasteiger partial charge in [0.1, 0.15) is 0 Å². The lowest BCUT2D eigenvalue weighted by Crippen LogP contribution is -2.12. The Bertz CT molecular complexity index is 522. The van der Waals surface area contributed by atoms with Crippen molar-refractivity contribution in [2.24, 2.45) is 0 Å². The van der Waals surface area contributed by atoms with E-state index in [4.69, 9.17) is 23.2 Å². The van der Waals surface area contributed by atoms with Crippen molar-refractivity contribution in [1.29, 1.82) is 0 Å². The van der Waals surface area contributed by atoms with Gasteiger partial charge < -0.3 is 5.32 Å². The van der Waals surface area contributed by atoms with Crippen LogP contribution in [-0.4, -0.2) is 6.54 Å². The summed E-state index contributed by atoms with van der Waals surface area (Å²) in [6, 6.07) is 9.89. The summed E-state index contributed by atoms with van der Waals surface area (Å²) in [5, 5.41) is 4.77. The average molecular weight is 300 g/mol. The molecule has 1 heterocycles. The van der Waals surface area contributed by atoms with Crippen molar-refractivity contribution in [3.05, 3.63) is 45.3 Å². The van der Waals surface area contributed by atoms with Crippen LogP contribution in [0.4, 0.5) is 0 Å². The highest BCUT2D eigenvalue weighted by Crippen LogP contribution is 2.34. The first-order valence-corrected chi connectivity index (χ1v) is 7.53. The molecule has 2 rings (SSSR count). The quantitative estimate of drug-likeness (QED) is 0.746. The SMILES string of the molecule is CCCNCc1ccc(-c2ccc(Cl)cc2Cl)s1. The second-order valence-electron chi connectivity index (χ2n) is 4.07. The van der Waals surface area contributed by atoms with Gasteiger partial charge in [-0.3, -0.25) is 0 Å². The van der Waals surface area contributed by atoms with Crippen molar-refractivity contribution in [1.82, 2.24) is 5.32 Å². The van der Waals surface area contributed by atoms with E-state index >= 15 is 0 Å². The van der Waals surface area contributed by atoms with E-state index in [2.05, 4.69) is 24.4 Å². The third kappa shape index (κ3) is 3.48. The maximum Gasteiger partial charge on any atom is 0.0507 e. The fourth-order valence-electron chi connectivity index (χ4n) is 1.70. The minimum atomic E-state index is 0.671. The fraction of sp³-hybridized carbons (Fsp3) is 0.286. The molecule has 0 aliphatic rings. The van der Waals surface area contributed by atoms with Crippen molar-refractivity contribution in [3.8, 4) is 10.4 Å². The van der Waals surface area contributed by atoms with Gasteiger partial charge in [-0.25, -0.2) is 0 Å². The molecule has 18 heavy (non-hydrogen) atoms. The molecule has 1 aromatic heterocycles. The van der Waals surface area contributed by atoms with E-state index in [-0.39, 0.29) is 0 Å². The van der Waals surface area contributed by atoms with Crippen LogP contribution in [0.3, 0.4) is 0 Å². The Kier molecular flexibility index (Phi) is 5.07. The molecule has 0 spiro atoms. The molecule has 0 unspecified atom stereocenters. The molecule has 0 aliphatic carbocycles. The number of hydrogen-bond donors (Lipinski definition) is 1. The standard InChI is InChI=1S/C14H15Cl2NS/c1-2-7-17-9-11-4-6-14(18-11)12-5-3-10(15)8-13(12)16/h3-6,8,17H,2,7,9H2,1H3. The van der Waals surface area contributed by atoms with Gasteiger partial charge >= 0.3 is 0 Å². The van der Waals surface area contributed by atoms with Crippen LogP contribution >= 0.6 is 34.5 Å². The lowest BCUT2D eigenvalue weighted by molar-refractivity contribution is 0.681. The van der Waals surface area contributed by atoms with Crippen molar-refractivity contribution >= 4 is 34.5 Å². The van der Waals surface area contributed by atoms with Gasteiger partial charge in [-0.05, 0) is 37.2 Å². The first kappa shape index (κ1) is 13.9. The smallest absolute Gasteiger partial charge is 0.0507 e. The largest absolute Gasteiger partial charge is 0.312 e. The summed E-state index contributed by atoms with van der Waals surface area (Å²) >= 11 is 13.9. The van der Waals surface area contributed by atoms with Gasteiger partial charge in [0.25, 0.3) is 0 Å². The van der Waals surface area contributed by atoms with E-state index < -0.39 is 0 Å². The van der Waals surface area contributed by atoms with Crippen molar-refractivity contribution < 1.29 is 0 Å². The zero-order chi connectivity index (χ0) is 13.0. The summed E-state index contributed by atoms with van der Waals surface area (Å²) in [4.78, 5) is 2.51. The summed E-state index contributed by atoms with van der Waals surface area (Å²) in [5.74, 6) is 0. The van der Waals surface area contributed by atoms with E-state index in [1.165, 1.54) is 9.75 Å². The van der Waals surface area contributed by atoms with E-state index in [0.717, 1.165) is 25.1 Å². The second-order valence-corrected chi connectivity index (χ2v) is 6.08. The van der Waals surface area contributed by atoms with Gasteiger partial charge in [-0.2, -0.15) is 0 Å².